The normalized spacial score (nSPS) is 10.8. The highest BCUT2D eigenvalue weighted by Crippen LogP contribution is 2.24. The minimum atomic E-state index is 0.0456. The molecule has 0 unspecified atom stereocenters. The lowest BCUT2D eigenvalue weighted by Crippen LogP contribution is -2.20. The molecule has 0 saturated carbocycles. The second kappa shape index (κ2) is 10.5. The van der Waals surface area contributed by atoms with Crippen LogP contribution in [0.5, 0.6) is 5.75 Å². The van der Waals surface area contributed by atoms with Crippen molar-refractivity contribution in [2.45, 2.75) is 13.2 Å². The molecule has 4 nitrogen and oxygen atoms in total. The molecule has 0 bridgehead atoms. The number of rotatable bonds is 10. The molecule has 0 aliphatic carbocycles. The van der Waals surface area contributed by atoms with E-state index in [1.807, 2.05) is 30.3 Å². The van der Waals surface area contributed by atoms with E-state index in [4.69, 9.17) is 37.8 Å². The summed E-state index contributed by atoms with van der Waals surface area (Å²) in [5.41, 5.74) is 1.95. The Balaban J connectivity index is 1.86. The highest BCUT2D eigenvalue weighted by atomic mass is 35.5. The number of hydrogen-bond donors (Lipinski definition) is 2. The lowest BCUT2D eigenvalue weighted by Gasteiger charge is -2.13. The largest absolute Gasteiger partial charge is 0.489 e. The number of ether oxygens (including phenoxy) is 2. The van der Waals surface area contributed by atoms with Crippen LogP contribution in [0, 0.1) is 0 Å². The molecule has 0 amide bonds. The number of halogens is 2. The van der Waals surface area contributed by atoms with Crippen LogP contribution in [0.25, 0.3) is 0 Å². The van der Waals surface area contributed by atoms with Gasteiger partial charge < -0.3 is 19.9 Å². The molecule has 2 aromatic carbocycles. The van der Waals surface area contributed by atoms with Gasteiger partial charge in [0.05, 0.1) is 19.8 Å². The van der Waals surface area contributed by atoms with Crippen molar-refractivity contribution in [2.24, 2.45) is 0 Å². The van der Waals surface area contributed by atoms with Gasteiger partial charge in [-0.2, -0.15) is 0 Å². The van der Waals surface area contributed by atoms with Gasteiger partial charge >= 0.3 is 0 Å². The Morgan fingerprint density at radius 2 is 1.83 bits per heavy atom. The highest BCUT2D eigenvalue weighted by Gasteiger charge is 2.06. The van der Waals surface area contributed by atoms with Gasteiger partial charge in [-0.3, -0.25) is 0 Å². The lowest BCUT2D eigenvalue weighted by atomic mass is 10.2. The third-order valence-electron chi connectivity index (χ3n) is 3.35. The molecule has 2 N–H and O–H groups in total. The van der Waals surface area contributed by atoms with Crippen LogP contribution in [-0.2, 0) is 17.9 Å². The van der Waals surface area contributed by atoms with E-state index >= 15 is 0 Å². The van der Waals surface area contributed by atoms with Crippen LogP contribution in [0.15, 0.2) is 42.5 Å². The van der Waals surface area contributed by atoms with Gasteiger partial charge in [-0.15, -0.1) is 0 Å². The third-order valence-corrected chi connectivity index (χ3v) is 3.93. The lowest BCUT2D eigenvalue weighted by molar-refractivity contribution is 0.0937. The molecular formula is C18H21Cl2NO3. The Morgan fingerprint density at radius 3 is 2.62 bits per heavy atom. The number of aliphatic hydroxyl groups is 1. The van der Waals surface area contributed by atoms with Crippen LogP contribution >= 0.6 is 23.2 Å². The Hall–Kier alpha value is -1.30. The molecule has 2 rings (SSSR count). The quantitative estimate of drug-likeness (QED) is 0.627. The Labute approximate surface area is 152 Å². The summed E-state index contributed by atoms with van der Waals surface area (Å²) < 4.78 is 11.1. The molecule has 2 aromatic rings. The van der Waals surface area contributed by atoms with Gasteiger partial charge in [-0.1, -0.05) is 47.5 Å². The predicted octanol–water partition coefficient (Wildman–Crippen LogP) is 3.67. The summed E-state index contributed by atoms with van der Waals surface area (Å²) in [7, 11) is 0. The summed E-state index contributed by atoms with van der Waals surface area (Å²) in [5, 5.41) is 13.1. The Morgan fingerprint density at radius 1 is 1.00 bits per heavy atom. The van der Waals surface area contributed by atoms with Gasteiger partial charge in [0.1, 0.15) is 12.4 Å². The molecule has 0 atom stereocenters. The summed E-state index contributed by atoms with van der Waals surface area (Å²) in [6.45, 7) is 2.73. The Kier molecular flexibility index (Phi) is 8.36. The van der Waals surface area contributed by atoms with Crippen molar-refractivity contribution in [1.29, 1.82) is 0 Å². The molecule has 0 heterocycles. The average molecular weight is 370 g/mol. The monoisotopic (exact) mass is 369 g/mol. The number of hydrogen-bond acceptors (Lipinski definition) is 4. The van der Waals surface area contributed by atoms with Gasteiger partial charge in [-0.25, -0.2) is 0 Å². The third kappa shape index (κ3) is 6.30. The van der Waals surface area contributed by atoms with Gasteiger partial charge in [-0.05, 0) is 18.2 Å². The van der Waals surface area contributed by atoms with E-state index in [1.54, 1.807) is 12.1 Å². The number of nitrogens with one attached hydrogen (secondary N) is 1. The fourth-order valence-electron chi connectivity index (χ4n) is 2.12. The number of aliphatic hydroxyl groups excluding tert-OH is 1. The van der Waals surface area contributed by atoms with Crippen LogP contribution in [-0.4, -0.2) is 31.5 Å². The first kappa shape index (κ1) is 19.0. The van der Waals surface area contributed by atoms with Crippen molar-refractivity contribution in [1.82, 2.24) is 5.32 Å². The molecule has 0 spiro atoms. The van der Waals surface area contributed by atoms with Crippen molar-refractivity contribution in [2.75, 3.05) is 26.4 Å². The fourth-order valence-corrected chi connectivity index (χ4v) is 2.58. The van der Waals surface area contributed by atoms with Crippen LogP contribution in [0.1, 0.15) is 11.1 Å². The maximum atomic E-state index is 8.65. The summed E-state index contributed by atoms with van der Waals surface area (Å²) >= 11 is 12.1. The van der Waals surface area contributed by atoms with E-state index in [0.29, 0.717) is 43.0 Å². The molecule has 0 aliphatic rings. The molecule has 0 saturated heterocycles. The summed E-state index contributed by atoms with van der Waals surface area (Å²) in [4.78, 5) is 0. The van der Waals surface area contributed by atoms with E-state index in [1.165, 1.54) is 0 Å². The van der Waals surface area contributed by atoms with Crippen LogP contribution in [0.2, 0.25) is 10.0 Å². The van der Waals surface area contributed by atoms with Gasteiger partial charge in [0.15, 0.2) is 0 Å². The molecule has 0 aromatic heterocycles. The maximum absolute atomic E-state index is 8.65. The molecule has 0 fully saturated rings. The first-order valence-corrected chi connectivity index (χ1v) is 8.50. The van der Waals surface area contributed by atoms with Crippen molar-refractivity contribution >= 4 is 23.2 Å². The zero-order chi connectivity index (χ0) is 17.2. The molecule has 130 valence electrons. The SMILES string of the molecule is OCCOCCNCc1ccccc1OCc1ccc(Cl)cc1Cl. The van der Waals surface area contributed by atoms with Crippen molar-refractivity contribution in [3.8, 4) is 5.75 Å². The van der Waals surface area contributed by atoms with Gasteiger partial charge in [0.25, 0.3) is 0 Å². The summed E-state index contributed by atoms with van der Waals surface area (Å²) in [6, 6.07) is 13.2. The minimum absolute atomic E-state index is 0.0456. The first-order valence-electron chi connectivity index (χ1n) is 7.74. The van der Waals surface area contributed by atoms with Crippen molar-refractivity contribution < 1.29 is 14.6 Å². The maximum Gasteiger partial charge on any atom is 0.124 e. The van der Waals surface area contributed by atoms with Crippen LogP contribution in [0.4, 0.5) is 0 Å². The molecule has 0 radical (unpaired) electrons. The van der Waals surface area contributed by atoms with E-state index in [0.717, 1.165) is 16.9 Å². The molecule has 0 aliphatic heterocycles. The second-order valence-corrected chi connectivity index (χ2v) is 5.99. The summed E-state index contributed by atoms with van der Waals surface area (Å²) in [5.74, 6) is 0.812. The number of para-hydroxylation sites is 1. The topological polar surface area (TPSA) is 50.7 Å². The van der Waals surface area contributed by atoms with Gasteiger partial charge in [0, 0.05) is 34.3 Å². The van der Waals surface area contributed by atoms with E-state index in [2.05, 4.69) is 5.32 Å². The van der Waals surface area contributed by atoms with E-state index in [-0.39, 0.29) is 6.61 Å². The van der Waals surface area contributed by atoms with Crippen LogP contribution < -0.4 is 10.1 Å². The summed E-state index contributed by atoms with van der Waals surface area (Å²) in [6.07, 6.45) is 0. The zero-order valence-corrected chi connectivity index (χ0v) is 14.8. The predicted molar refractivity (Wildman–Crippen MR) is 96.8 cm³/mol. The standard InChI is InChI=1S/C18H21Cl2NO3/c19-16-6-5-15(17(20)11-16)13-24-18-4-2-1-3-14(18)12-21-7-9-23-10-8-22/h1-6,11,21-22H,7-10,12-13H2. The minimum Gasteiger partial charge on any atom is -0.489 e. The van der Waals surface area contributed by atoms with Crippen LogP contribution in [0.3, 0.4) is 0 Å². The van der Waals surface area contributed by atoms with Crippen molar-refractivity contribution in [3.63, 3.8) is 0 Å². The highest BCUT2D eigenvalue weighted by molar-refractivity contribution is 6.35. The van der Waals surface area contributed by atoms with Gasteiger partial charge in [0.2, 0.25) is 0 Å². The van der Waals surface area contributed by atoms with Crippen molar-refractivity contribution in [3.05, 3.63) is 63.6 Å². The molecule has 6 heteroatoms. The zero-order valence-electron chi connectivity index (χ0n) is 13.3. The Bertz CT molecular complexity index is 637. The molecule has 24 heavy (non-hydrogen) atoms. The average Bonchev–Trinajstić information content (AvgIpc) is 2.58. The smallest absolute Gasteiger partial charge is 0.124 e. The number of benzene rings is 2. The fraction of sp³-hybridized carbons (Fsp3) is 0.333. The first-order chi connectivity index (χ1) is 11.7. The molecular weight excluding hydrogens is 349 g/mol. The van der Waals surface area contributed by atoms with E-state index in [9.17, 15) is 0 Å². The second-order valence-electron chi connectivity index (χ2n) is 5.14. The van der Waals surface area contributed by atoms with E-state index < -0.39 is 0 Å².